The fourth-order valence-corrected chi connectivity index (χ4v) is 2.67. The number of carbonyl (C=O) groups is 1. The largest absolute Gasteiger partial charge is 0.446 e. The van der Waals surface area contributed by atoms with E-state index in [1.807, 2.05) is 24.3 Å². The van der Waals surface area contributed by atoms with Crippen molar-refractivity contribution in [2.24, 2.45) is 4.36 Å². The molecule has 94 valence electrons. The second-order valence-electron chi connectivity index (χ2n) is 4.40. The van der Waals surface area contributed by atoms with Gasteiger partial charge in [-0.15, -0.1) is 4.36 Å². The van der Waals surface area contributed by atoms with E-state index in [9.17, 15) is 4.79 Å². The molecule has 3 nitrogen and oxygen atoms in total. The van der Waals surface area contributed by atoms with E-state index in [1.165, 1.54) is 22.3 Å². The number of hydrogen-bond acceptors (Lipinski definition) is 3. The number of nitrogens with zero attached hydrogens (tertiary/aromatic N) is 1. The summed E-state index contributed by atoms with van der Waals surface area (Å²) in [5.74, 6) is 0.0631. The molecule has 0 atom stereocenters. The van der Waals surface area contributed by atoms with E-state index < -0.39 is 6.09 Å². The molecule has 19 heavy (non-hydrogen) atoms. The minimum Gasteiger partial charge on any atom is -0.446 e. The highest BCUT2D eigenvalue weighted by Crippen LogP contribution is 2.44. The molecule has 0 unspecified atom stereocenters. The van der Waals surface area contributed by atoms with Gasteiger partial charge in [0.25, 0.3) is 0 Å². The third kappa shape index (κ3) is 2.04. The van der Waals surface area contributed by atoms with Crippen LogP contribution in [0.2, 0.25) is 0 Å². The monoisotopic (exact) mass is 269 g/mol. The molecule has 4 heteroatoms. The Morgan fingerprint density at radius 1 is 1.05 bits per heavy atom. The third-order valence-corrected chi connectivity index (χ3v) is 3.56. The quantitative estimate of drug-likeness (QED) is 0.835. The van der Waals surface area contributed by atoms with Crippen LogP contribution in [0.3, 0.4) is 0 Å². The first kappa shape index (κ1) is 12.0. The van der Waals surface area contributed by atoms with Crippen LogP contribution in [0.5, 0.6) is 0 Å². The van der Waals surface area contributed by atoms with Crippen LogP contribution in [0.4, 0.5) is 4.79 Å². The maximum atomic E-state index is 11.1. The van der Waals surface area contributed by atoms with Crippen molar-refractivity contribution in [2.75, 3.05) is 6.61 Å². The predicted molar refractivity (Wildman–Crippen MR) is 74.9 cm³/mol. The highest BCUT2D eigenvalue weighted by atomic mass is 32.1. The molecule has 0 bridgehead atoms. The van der Waals surface area contributed by atoms with Gasteiger partial charge in [0.15, 0.2) is 0 Å². The first-order valence-electron chi connectivity index (χ1n) is 5.99. The van der Waals surface area contributed by atoms with Gasteiger partial charge < -0.3 is 4.74 Å². The smallest absolute Gasteiger partial charge is 0.445 e. The van der Waals surface area contributed by atoms with Crippen LogP contribution in [-0.4, -0.2) is 12.7 Å². The Kier molecular flexibility index (Phi) is 3.09. The van der Waals surface area contributed by atoms with E-state index in [4.69, 9.17) is 4.74 Å². The van der Waals surface area contributed by atoms with Crippen LogP contribution >= 0.6 is 0 Å². The zero-order valence-corrected chi connectivity index (χ0v) is 10.9. The molecule has 3 rings (SSSR count). The molecule has 0 N–H and O–H groups in total. The average molecular weight is 269 g/mol. The van der Waals surface area contributed by atoms with Crippen molar-refractivity contribution in [1.82, 2.24) is 0 Å². The number of ether oxygens (including phenoxy) is 1. The normalized spacial score (nSPS) is 12.6. The molecule has 1 aliphatic carbocycles. The van der Waals surface area contributed by atoms with Crippen LogP contribution < -0.4 is 0 Å². The Morgan fingerprint density at radius 2 is 1.58 bits per heavy atom. The van der Waals surface area contributed by atoms with Crippen molar-refractivity contribution in [3.63, 3.8) is 0 Å². The molecule has 0 fully saturated rings. The number of amides is 1. The molecule has 0 aromatic heterocycles. The van der Waals surface area contributed by atoms with E-state index in [0.29, 0.717) is 0 Å². The maximum absolute atomic E-state index is 11.1. The van der Waals surface area contributed by atoms with Crippen molar-refractivity contribution in [3.8, 4) is 11.1 Å². The van der Waals surface area contributed by atoms with Gasteiger partial charge in [0.2, 0.25) is 0 Å². The fraction of sp³-hybridized carbons (Fsp3) is 0.133. The first-order chi connectivity index (χ1) is 9.31. The molecule has 0 saturated carbocycles. The second-order valence-corrected chi connectivity index (χ2v) is 4.58. The summed E-state index contributed by atoms with van der Waals surface area (Å²) in [4.78, 5) is 11.1. The molecule has 2 aromatic carbocycles. The van der Waals surface area contributed by atoms with E-state index in [-0.39, 0.29) is 12.5 Å². The molecule has 1 aliphatic rings. The summed E-state index contributed by atoms with van der Waals surface area (Å²) in [6.07, 6.45) is -0.697. The van der Waals surface area contributed by atoms with Crippen molar-refractivity contribution < 1.29 is 9.53 Å². The molecule has 0 saturated heterocycles. The lowest BCUT2D eigenvalue weighted by Crippen LogP contribution is -2.09. The van der Waals surface area contributed by atoms with Gasteiger partial charge in [0, 0.05) is 18.3 Å². The zero-order valence-electron chi connectivity index (χ0n) is 10.1. The molecule has 0 heterocycles. The van der Waals surface area contributed by atoms with Gasteiger partial charge in [0.1, 0.15) is 6.61 Å². The Labute approximate surface area is 116 Å². The van der Waals surface area contributed by atoms with Crippen molar-refractivity contribution >= 4 is 18.5 Å². The van der Waals surface area contributed by atoms with Crippen LogP contribution in [0, 0.1) is 0 Å². The number of fused-ring (bicyclic) bond motifs is 3. The van der Waals surface area contributed by atoms with Crippen molar-refractivity contribution in [2.45, 2.75) is 5.92 Å². The number of carbonyl (C=O) groups excluding carboxylic acids is 1. The highest BCUT2D eigenvalue weighted by Gasteiger charge is 2.28. The summed E-state index contributed by atoms with van der Waals surface area (Å²) in [6.45, 7) is 0.271. The Hall–Kier alpha value is -2.07. The average Bonchev–Trinajstić information content (AvgIpc) is 2.79. The van der Waals surface area contributed by atoms with Gasteiger partial charge in [-0.25, -0.2) is 4.79 Å². The third-order valence-electron chi connectivity index (χ3n) is 3.41. The summed E-state index contributed by atoms with van der Waals surface area (Å²) >= 11 is 4.32. The minimum absolute atomic E-state index is 0.0631. The Balaban J connectivity index is 2.00. The van der Waals surface area contributed by atoms with Crippen LogP contribution in [0.25, 0.3) is 11.1 Å². The van der Waals surface area contributed by atoms with Gasteiger partial charge in [-0.05, 0) is 22.3 Å². The highest BCUT2D eigenvalue weighted by molar-refractivity contribution is 7.47. The van der Waals surface area contributed by atoms with Crippen LogP contribution in [0.1, 0.15) is 17.0 Å². The SMILES string of the molecule is O=C(N=S)OCC1c2ccccc2-c2ccccc21. The summed E-state index contributed by atoms with van der Waals surface area (Å²) in [6, 6.07) is 16.3. The Morgan fingerprint density at radius 3 is 2.11 bits per heavy atom. The first-order valence-corrected chi connectivity index (χ1v) is 6.36. The van der Waals surface area contributed by atoms with Gasteiger partial charge in [0.05, 0.1) is 0 Å². The summed E-state index contributed by atoms with van der Waals surface area (Å²) in [5.41, 5.74) is 4.77. The van der Waals surface area contributed by atoms with E-state index in [2.05, 4.69) is 41.1 Å². The summed E-state index contributed by atoms with van der Waals surface area (Å²) < 4.78 is 8.16. The maximum Gasteiger partial charge on any atom is 0.445 e. The predicted octanol–water partition coefficient (Wildman–Crippen LogP) is 3.67. The van der Waals surface area contributed by atoms with Gasteiger partial charge >= 0.3 is 6.09 Å². The van der Waals surface area contributed by atoms with E-state index in [1.54, 1.807) is 0 Å². The van der Waals surface area contributed by atoms with Crippen LogP contribution in [0.15, 0.2) is 52.9 Å². The van der Waals surface area contributed by atoms with Gasteiger partial charge in [-0.2, -0.15) is 0 Å². The molecule has 2 aromatic rings. The number of benzene rings is 2. The molecule has 0 radical (unpaired) electrons. The fourth-order valence-electron chi connectivity index (χ4n) is 2.62. The Bertz CT molecular complexity index is 609. The molecule has 0 aliphatic heterocycles. The van der Waals surface area contributed by atoms with E-state index in [0.717, 1.165) is 0 Å². The van der Waals surface area contributed by atoms with Crippen molar-refractivity contribution in [1.29, 1.82) is 0 Å². The number of rotatable bonds is 2. The van der Waals surface area contributed by atoms with Gasteiger partial charge in [-0.1, -0.05) is 48.5 Å². The molecular formula is C15H11NO2S. The van der Waals surface area contributed by atoms with Gasteiger partial charge in [-0.3, -0.25) is 0 Å². The van der Waals surface area contributed by atoms with Crippen molar-refractivity contribution in [3.05, 3.63) is 59.7 Å². The molecule has 1 amide bonds. The molecular weight excluding hydrogens is 258 g/mol. The topological polar surface area (TPSA) is 38.7 Å². The standard InChI is InChI=1S/C15H11NO2S/c17-15(16-19)18-9-14-12-7-3-1-5-10(12)11-6-2-4-8-13(11)14/h1-8,14H,9H2. The zero-order chi connectivity index (χ0) is 13.2. The van der Waals surface area contributed by atoms with E-state index >= 15 is 0 Å². The lowest BCUT2D eigenvalue weighted by Gasteiger charge is -2.12. The molecule has 0 spiro atoms. The summed E-state index contributed by atoms with van der Waals surface area (Å²) in [5, 5.41) is 0. The summed E-state index contributed by atoms with van der Waals surface area (Å²) in [7, 11) is 0. The minimum atomic E-state index is -0.697. The van der Waals surface area contributed by atoms with Crippen LogP contribution in [-0.2, 0) is 17.2 Å². The lowest BCUT2D eigenvalue weighted by atomic mass is 9.98. The second kappa shape index (κ2) is 4.90. The number of hydrogen-bond donors (Lipinski definition) is 0. The lowest BCUT2D eigenvalue weighted by molar-refractivity contribution is 0.154.